The van der Waals surface area contributed by atoms with Crippen LogP contribution >= 0.6 is 22.6 Å². The summed E-state index contributed by atoms with van der Waals surface area (Å²) in [5, 5.41) is 0. The van der Waals surface area contributed by atoms with E-state index in [1.54, 1.807) is 0 Å². The highest BCUT2D eigenvalue weighted by atomic mass is 127. The number of rotatable bonds is 2. The molecule has 0 N–H and O–H groups in total. The molecule has 0 spiro atoms. The lowest BCUT2D eigenvalue weighted by molar-refractivity contribution is 1.06. The van der Waals surface area contributed by atoms with Crippen molar-refractivity contribution >= 4 is 28.4 Å². The summed E-state index contributed by atoms with van der Waals surface area (Å²) in [7, 11) is 3.98. The molecule has 0 aromatic carbocycles. The molecule has 1 aromatic rings. The molecule has 60 valence electrons. The molecule has 0 saturated heterocycles. The summed E-state index contributed by atoms with van der Waals surface area (Å²) in [5.41, 5.74) is 1.27. The van der Waals surface area contributed by atoms with Gasteiger partial charge in [-0.05, 0) is 11.6 Å². The molecule has 0 unspecified atom stereocenters. The quantitative estimate of drug-likeness (QED) is 0.599. The Morgan fingerprint density at radius 3 is 2.55 bits per heavy atom. The van der Waals surface area contributed by atoms with Gasteiger partial charge in [0.25, 0.3) is 0 Å². The van der Waals surface area contributed by atoms with E-state index in [1.165, 1.54) is 5.56 Å². The van der Waals surface area contributed by atoms with Gasteiger partial charge in [0.05, 0.1) is 0 Å². The highest BCUT2D eigenvalue weighted by Gasteiger charge is 1.94. The van der Waals surface area contributed by atoms with Gasteiger partial charge in [0.15, 0.2) is 0 Å². The molecule has 0 amide bonds. The van der Waals surface area contributed by atoms with Gasteiger partial charge in [0, 0.05) is 24.7 Å². The molecule has 11 heavy (non-hydrogen) atoms. The molecule has 0 aliphatic rings. The molecular formula is C8H11IN2. The van der Waals surface area contributed by atoms with Crippen molar-refractivity contribution in [2.24, 2.45) is 0 Å². The van der Waals surface area contributed by atoms with Gasteiger partial charge in [0.2, 0.25) is 0 Å². The van der Waals surface area contributed by atoms with E-state index < -0.39 is 0 Å². The molecule has 0 atom stereocenters. The van der Waals surface area contributed by atoms with Crippen LogP contribution in [-0.4, -0.2) is 19.1 Å². The summed E-state index contributed by atoms with van der Waals surface area (Å²) in [6.07, 6.45) is 1.92. The van der Waals surface area contributed by atoms with Gasteiger partial charge in [-0.15, -0.1) is 0 Å². The SMILES string of the molecule is CN(C)c1ccc(CI)cn1. The highest BCUT2D eigenvalue weighted by molar-refractivity contribution is 14.1. The number of nitrogens with zero attached hydrogens (tertiary/aromatic N) is 2. The Bertz CT molecular complexity index is 218. The predicted octanol–water partition coefficient (Wildman–Crippen LogP) is 2.08. The molecule has 0 radical (unpaired) electrons. The molecule has 3 heteroatoms. The van der Waals surface area contributed by atoms with E-state index >= 15 is 0 Å². The van der Waals surface area contributed by atoms with Crippen molar-refractivity contribution < 1.29 is 0 Å². The Labute approximate surface area is 80.8 Å². The Morgan fingerprint density at radius 2 is 2.18 bits per heavy atom. The van der Waals surface area contributed by atoms with Crippen molar-refractivity contribution in [1.29, 1.82) is 0 Å². The van der Waals surface area contributed by atoms with Gasteiger partial charge < -0.3 is 4.90 Å². The molecule has 0 saturated carbocycles. The zero-order valence-corrected chi connectivity index (χ0v) is 8.87. The van der Waals surface area contributed by atoms with Crippen molar-refractivity contribution in [1.82, 2.24) is 4.98 Å². The molecule has 1 aromatic heterocycles. The Morgan fingerprint density at radius 1 is 1.45 bits per heavy atom. The zero-order valence-electron chi connectivity index (χ0n) is 6.71. The molecule has 1 heterocycles. The number of pyridine rings is 1. The van der Waals surface area contributed by atoms with E-state index in [0.717, 1.165) is 10.2 Å². The summed E-state index contributed by atoms with van der Waals surface area (Å²) in [5.74, 6) is 1.01. The maximum atomic E-state index is 4.27. The summed E-state index contributed by atoms with van der Waals surface area (Å²) in [4.78, 5) is 6.27. The topological polar surface area (TPSA) is 16.1 Å². The molecule has 0 fully saturated rings. The van der Waals surface area contributed by atoms with E-state index in [9.17, 15) is 0 Å². The Hall–Kier alpha value is -0.320. The van der Waals surface area contributed by atoms with Gasteiger partial charge in [-0.3, -0.25) is 0 Å². The van der Waals surface area contributed by atoms with E-state index in [2.05, 4.69) is 33.6 Å². The van der Waals surface area contributed by atoms with E-state index in [0.29, 0.717) is 0 Å². The van der Waals surface area contributed by atoms with Gasteiger partial charge in [-0.25, -0.2) is 4.98 Å². The fraction of sp³-hybridized carbons (Fsp3) is 0.375. The fourth-order valence-electron chi connectivity index (χ4n) is 0.760. The summed E-state index contributed by atoms with van der Waals surface area (Å²) in [6.45, 7) is 0. The highest BCUT2D eigenvalue weighted by Crippen LogP contribution is 2.09. The second-order valence-corrected chi connectivity index (χ2v) is 3.32. The number of aromatic nitrogens is 1. The predicted molar refractivity (Wildman–Crippen MR) is 56.3 cm³/mol. The summed E-state index contributed by atoms with van der Waals surface area (Å²) >= 11 is 2.33. The van der Waals surface area contributed by atoms with Crippen LogP contribution in [-0.2, 0) is 4.43 Å². The first-order chi connectivity index (χ1) is 5.24. The van der Waals surface area contributed by atoms with Crippen LogP contribution in [0.3, 0.4) is 0 Å². The van der Waals surface area contributed by atoms with Gasteiger partial charge in [-0.2, -0.15) is 0 Å². The van der Waals surface area contributed by atoms with Crippen LogP contribution in [0.15, 0.2) is 18.3 Å². The third-order valence-electron chi connectivity index (χ3n) is 1.42. The zero-order chi connectivity index (χ0) is 8.27. The molecule has 2 nitrogen and oxygen atoms in total. The maximum Gasteiger partial charge on any atom is 0.127 e. The number of alkyl halides is 1. The third kappa shape index (κ3) is 2.32. The first kappa shape index (κ1) is 8.77. The second-order valence-electron chi connectivity index (χ2n) is 2.55. The molecule has 1 rings (SSSR count). The monoisotopic (exact) mass is 262 g/mol. The minimum atomic E-state index is 1.01. The lowest BCUT2D eigenvalue weighted by Crippen LogP contribution is -2.10. The van der Waals surface area contributed by atoms with Crippen molar-refractivity contribution in [2.75, 3.05) is 19.0 Å². The van der Waals surface area contributed by atoms with Crippen LogP contribution in [0.1, 0.15) is 5.56 Å². The Kier molecular flexibility index (Phi) is 3.11. The largest absolute Gasteiger partial charge is 0.363 e. The lowest BCUT2D eigenvalue weighted by Gasteiger charge is -2.10. The standard InChI is InChI=1S/C8H11IN2/c1-11(2)8-4-3-7(5-9)6-10-8/h3-4,6H,5H2,1-2H3. The van der Waals surface area contributed by atoms with Crippen molar-refractivity contribution in [3.8, 4) is 0 Å². The van der Waals surface area contributed by atoms with Crippen LogP contribution in [0.5, 0.6) is 0 Å². The number of anilines is 1. The van der Waals surface area contributed by atoms with Crippen molar-refractivity contribution in [3.63, 3.8) is 0 Å². The molecule has 0 aliphatic carbocycles. The van der Waals surface area contributed by atoms with Crippen LogP contribution < -0.4 is 4.90 Å². The average molecular weight is 262 g/mol. The van der Waals surface area contributed by atoms with Crippen molar-refractivity contribution in [2.45, 2.75) is 4.43 Å². The molecule has 0 bridgehead atoms. The minimum Gasteiger partial charge on any atom is -0.363 e. The third-order valence-corrected chi connectivity index (χ3v) is 2.30. The van der Waals surface area contributed by atoms with Gasteiger partial charge in [-0.1, -0.05) is 28.7 Å². The van der Waals surface area contributed by atoms with E-state index in [4.69, 9.17) is 0 Å². The maximum absolute atomic E-state index is 4.27. The van der Waals surface area contributed by atoms with Crippen LogP contribution in [0, 0.1) is 0 Å². The fourth-order valence-corrected chi connectivity index (χ4v) is 1.21. The first-order valence-corrected chi connectivity index (χ1v) is 4.95. The lowest BCUT2D eigenvalue weighted by atomic mass is 10.3. The summed E-state index contributed by atoms with van der Waals surface area (Å²) in [6, 6.07) is 4.14. The van der Waals surface area contributed by atoms with Gasteiger partial charge >= 0.3 is 0 Å². The smallest absolute Gasteiger partial charge is 0.127 e. The van der Waals surface area contributed by atoms with E-state index in [-0.39, 0.29) is 0 Å². The normalized spacial score (nSPS) is 9.73. The number of hydrogen-bond donors (Lipinski definition) is 0. The Balaban J connectivity index is 2.83. The number of hydrogen-bond acceptors (Lipinski definition) is 2. The van der Waals surface area contributed by atoms with Crippen molar-refractivity contribution in [3.05, 3.63) is 23.9 Å². The van der Waals surface area contributed by atoms with Crippen LogP contribution in [0.4, 0.5) is 5.82 Å². The molecule has 0 aliphatic heterocycles. The van der Waals surface area contributed by atoms with E-state index in [1.807, 2.05) is 31.3 Å². The van der Waals surface area contributed by atoms with Crippen LogP contribution in [0.25, 0.3) is 0 Å². The second kappa shape index (κ2) is 3.90. The molecular weight excluding hydrogens is 251 g/mol. The van der Waals surface area contributed by atoms with Gasteiger partial charge in [0.1, 0.15) is 5.82 Å². The number of halogens is 1. The van der Waals surface area contributed by atoms with Crippen LogP contribution in [0.2, 0.25) is 0 Å². The first-order valence-electron chi connectivity index (χ1n) is 3.42. The average Bonchev–Trinajstić information content (AvgIpc) is 2.05. The minimum absolute atomic E-state index is 1.01. The summed E-state index contributed by atoms with van der Waals surface area (Å²) < 4.78 is 1.03.